The van der Waals surface area contributed by atoms with E-state index in [2.05, 4.69) is 34.8 Å². The van der Waals surface area contributed by atoms with Crippen LogP contribution < -0.4 is 10.2 Å². The summed E-state index contributed by atoms with van der Waals surface area (Å²) in [5.41, 5.74) is 0.248. The first-order valence-electron chi connectivity index (χ1n) is 8.99. The lowest BCUT2D eigenvalue weighted by Gasteiger charge is -2.31. The SMILES string of the molecule is CC(C)(C)OO.CSc1ccc(N2CC3(CCNCC3)OC2=O)cc1SC. The summed E-state index contributed by atoms with van der Waals surface area (Å²) in [6.07, 6.45) is 5.72. The Morgan fingerprint density at radius 3 is 2.30 bits per heavy atom. The molecule has 152 valence electrons. The second kappa shape index (κ2) is 9.52. The Morgan fingerprint density at radius 2 is 1.78 bits per heavy atom. The number of carbonyl (C=O) groups excluding carboxylic acids is 1. The molecule has 0 bridgehead atoms. The van der Waals surface area contributed by atoms with Crippen molar-refractivity contribution < 1.29 is 19.7 Å². The summed E-state index contributed by atoms with van der Waals surface area (Å²) in [5, 5.41) is 11.2. The summed E-state index contributed by atoms with van der Waals surface area (Å²) in [6.45, 7) is 7.82. The molecule has 2 N–H and O–H groups in total. The zero-order valence-electron chi connectivity index (χ0n) is 16.7. The molecule has 0 aliphatic carbocycles. The smallest absolute Gasteiger partial charge is 0.415 e. The predicted octanol–water partition coefficient (Wildman–Crippen LogP) is 4.48. The third kappa shape index (κ3) is 6.02. The van der Waals surface area contributed by atoms with E-state index in [0.717, 1.165) is 31.6 Å². The number of hydrogen-bond donors (Lipinski definition) is 2. The van der Waals surface area contributed by atoms with Crippen LogP contribution in [-0.2, 0) is 9.62 Å². The molecule has 3 rings (SSSR count). The van der Waals surface area contributed by atoms with Crippen molar-refractivity contribution in [2.75, 3.05) is 37.0 Å². The molecule has 1 aromatic rings. The molecule has 2 heterocycles. The molecule has 0 saturated carbocycles. The van der Waals surface area contributed by atoms with Crippen molar-refractivity contribution >= 4 is 35.3 Å². The van der Waals surface area contributed by atoms with Crippen molar-refractivity contribution in [2.45, 2.75) is 54.6 Å². The third-order valence-corrected chi connectivity index (χ3v) is 6.14. The fourth-order valence-corrected chi connectivity index (χ4v) is 4.43. The van der Waals surface area contributed by atoms with Crippen molar-refractivity contribution in [1.29, 1.82) is 0 Å². The van der Waals surface area contributed by atoms with E-state index >= 15 is 0 Å². The molecule has 1 amide bonds. The van der Waals surface area contributed by atoms with E-state index in [4.69, 9.17) is 9.99 Å². The molecule has 1 spiro atoms. The van der Waals surface area contributed by atoms with E-state index in [1.165, 1.54) is 9.79 Å². The molecule has 1 aromatic carbocycles. The molecule has 27 heavy (non-hydrogen) atoms. The summed E-state index contributed by atoms with van der Waals surface area (Å²) in [4.78, 5) is 20.5. The quantitative estimate of drug-likeness (QED) is 0.429. The van der Waals surface area contributed by atoms with Gasteiger partial charge >= 0.3 is 6.09 Å². The first-order valence-corrected chi connectivity index (χ1v) is 11.4. The van der Waals surface area contributed by atoms with Crippen LogP contribution in [-0.4, -0.2) is 54.7 Å². The van der Waals surface area contributed by atoms with Crippen LogP contribution >= 0.6 is 23.5 Å². The maximum absolute atomic E-state index is 12.3. The summed E-state index contributed by atoms with van der Waals surface area (Å²) >= 11 is 3.44. The lowest BCUT2D eigenvalue weighted by Crippen LogP contribution is -2.44. The molecule has 2 saturated heterocycles. The Labute approximate surface area is 170 Å². The monoisotopic (exact) mass is 414 g/mol. The lowest BCUT2D eigenvalue weighted by atomic mass is 9.92. The van der Waals surface area contributed by atoms with Crippen LogP contribution in [0.3, 0.4) is 0 Å². The van der Waals surface area contributed by atoms with E-state index in [1.807, 2.05) is 6.07 Å². The van der Waals surface area contributed by atoms with Gasteiger partial charge in [0.1, 0.15) is 5.60 Å². The number of nitrogens with zero attached hydrogens (tertiary/aromatic N) is 1. The number of rotatable bonds is 3. The van der Waals surface area contributed by atoms with Crippen LogP contribution in [0.4, 0.5) is 10.5 Å². The highest BCUT2D eigenvalue weighted by Gasteiger charge is 2.46. The van der Waals surface area contributed by atoms with E-state index in [0.29, 0.717) is 6.54 Å². The van der Waals surface area contributed by atoms with Gasteiger partial charge in [0, 0.05) is 28.3 Å². The zero-order valence-corrected chi connectivity index (χ0v) is 18.3. The number of ether oxygens (including phenoxy) is 1. The molecule has 0 unspecified atom stereocenters. The second-order valence-corrected chi connectivity index (χ2v) is 9.33. The number of piperidine rings is 1. The topological polar surface area (TPSA) is 71.0 Å². The lowest BCUT2D eigenvalue weighted by molar-refractivity contribution is -0.306. The normalized spacial score (nSPS) is 18.9. The highest BCUT2D eigenvalue weighted by Crippen LogP contribution is 2.37. The molecular formula is C19H30N2O4S2. The fourth-order valence-electron chi connectivity index (χ4n) is 2.96. The van der Waals surface area contributed by atoms with Crippen LogP contribution in [0.25, 0.3) is 0 Å². The molecule has 8 heteroatoms. The number of hydrogen-bond acceptors (Lipinski definition) is 7. The molecular weight excluding hydrogens is 384 g/mol. The molecule has 2 aliphatic heterocycles. The standard InChI is InChI=1S/C15H20N2O2S2.C4H10O2/c1-20-12-4-3-11(9-13(12)21-2)17-10-15(19-14(17)18)5-7-16-8-6-15;1-4(2,3)6-5/h3-4,9,16H,5-8,10H2,1-2H3;5H,1-3H3. The highest BCUT2D eigenvalue weighted by molar-refractivity contribution is 8.01. The van der Waals surface area contributed by atoms with Crippen molar-refractivity contribution in [3.05, 3.63) is 18.2 Å². The van der Waals surface area contributed by atoms with E-state index in [1.54, 1.807) is 49.2 Å². The summed E-state index contributed by atoms with van der Waals surface area (Å²) in [7, 11) is 0. The van der Waals surface area contributed by atoms with Gasteiger partial charge in [-0.05, 0) is 64.6 Å². The first-order chi connectivity index (χ1) is 12.7. The summed E-state index contributed by atoms with van der Waals surface area (Å²) < 4.78 is 5.72. The van der Waals surface area contributed by atoms with Crippen molar-refractivity contribution in [1.82, 2.24) is 5.32 Å². The van der Waals surface area contributed by atoms with Gasteiger partial charge in [0.15, 0.2) is 0 Å². The molecule has 2 fully saturated rings. The minimum atomic E-state index is -0.403. The predicted molar refractivity (Wildman–Crippen MR) is 112 cm³/mol. The van der Waals surface area contributed by atoms with Gasteiger partial charge in [-0.15, -0.1) is 23.5 Å². The van der Waals surface area contributed by atoms with Gasteiger partial charge in [-0.25, -0.2) is 9.68 Å². The van der Waals surface area contributed by atoms with E-state index in [9.17, 15) is 4.79 Å². The Hall–Kier alpha value is -0.930. The largest absolute Gasteiger partial charge is 0.441 e. The van der Waals surface area contributed by atoms with Gasteiger partial charge in [-0.1, -0.05) is 0 Å². The number of benzene rings is 1. The van der Waals surface area contributed by atoms with Crippen LogP contribution in [0, 0.1) is 0 Å². The molecule has 2 aliphatic rings. The first kappa shape index (κ1) is 22.4. The summed E-state index contributed by atoms with van der Waals surface area (Å²) in [5.74, 6) is 0. The van der Waals surface area contributed by atoms with Crippen molar-refractivity contribution in [3.8, 4) is 0 Å². The third-order valence-electron chi connectivity index (χ3n) is 4.44. The highest BCUT2D eigenvalue weighted by atomic mass is 32.2. The Kier molecular flexibility index (Phi) is 7.88. The second-order valence-electron chi connectivity index (χ2n) is 7.63. The Bertz CT molecular complexity index is 643. The van der Waals surface area contributed by atoms with Gasteiger partial charge in [-0.3, -0.25) is 10.2 Å². The van der Waals surface area contributed by atoms with Gasteiger partial charge in [-0.2, -0.15) is 0 Å². The van der Waals surface area contributed by atoms with Crippen LogP contribution in [0.5, 0.6) is 0 Å². The van der Waals surface area contributed by atoms with Gasteiger partial charge in [0.05, 0.1) is 12.1 Å². The number of amides is 1. The Morgan fingerprint density at radius 1 is 1.19 bits per heavy atom. The number of nitrogens with one attached hydrogen (secondary N) is 1. The van der Waals surface area contributed by atoms with Crippen molar-refractivity contribution in [2.24, 2.45) is 0 Å². The van der Waals surface area contributed by atoms with Crippen LogP contribution in [0.2, 0.25) is 0 Å². The van der Waals surface area contributed by atoms with E-state index in [-0.39, 0.29) is 11.7 Å². The number of thioether (sulfide) groups is 2. The maximum Gasteiger partial charge on any atom is 0.415 e. The van der Waals surface area contributed by atoms with E-state index < -0.39 is 5.60 Å². The molecule has 6 nitrogen and oxygen atoms in total. The minimum Gasteiger partial charge on any atom is -0.441 e. The summed E-state index contributed by atoms with van der Waals surface area (Å²) in [6, 6.07) is 6.21. The molecule has 0 atom stereocenters. The molecule has 0 aromatic heterocycles. The van der Waals surface area contributed by atoms with Crippen molar-refractivity contribution in [3.63, 3.8) is 0 Å². The Balaban J connectivity index is 0.000000380. The van der Waals surface area contributed by atoms with Gasteiger partial charge in [0.2, 0.25) is 0 Å². The van der Waals surface area contributed by atoms with Gasteiger partial charge in [0.25, 0.3) is 0 Å². The maximum atomic E-state index is 12.3. The number of carbonyl (C=O) groups is 1. The number of anilines is 1. The van der Waals surface area contributed by atoms with Crippen LogP contribution in [0.15, 0.2) is 28.0 Å². The average molecular weight is 415 g/mol. The minimum absolute atomic E-state index is 0.208. The zero-order chi connectivity index (χ0) is 20.1. The molecule has 0 radical (unpaired) electrons. The van der Waals surface area contributed by atoms with Gasteiger partial charge < -0.3 is 10.1 Å². The average Bonchev–Trinajstić information content (AvgIpc) is 2.97. The van der Waals surface area contributed by atoms with Crippen LogP contribution in [0.1, 0.15) is 33.6 Å². The fraction of sp³-hybridized carbons (Fsp3) is 0.632.